The van der Waals surface area contributed by atoms with E-state index in [0.29, 0.717) is 12.0 Å². The molecule has 0 aromatic heterocycles. The van der Waals surface area contributed by atoms with Crippen molar-refractivity contribution in [3.05, 3.63) is 23.2 Å². The van der Waals surface area contributed by atoms with Crippen molar-refractivity contribution in [3.8, 4) is 0 Å². The predicted molar refractivity (Wildman–Crippen MR) is 118 cm³/mol. The quantitative estimate of drug-likeness (QED) is 0.612. The van der Waals surface area contributed by atoms with Crippen molar-refractivity contribution in [3.63, 3.8) is 0 Å². The lowest BCUT2D eigenvalue weighted by Crippen LogP contribution is -2.50. The summed E-state index contributed by atoms with van der Waals surface area (Å²) in [7, 11) is 1.84. The van der Waals surface area contributed by atoms with Gasteiger partial charge in [0.15, 0.2) is 0 Å². The Kier molecular flexibility index (Phi) is 7.00. The third-order valence-electron chi connectivity index (χ3n) is 6.88. The molecule has 0 radical (unpaired) electrons. The van der Waals surface area contributed by atoms with Gasteiger partial charge in [0.05, 0.1) is 5.57 Å². The van der Waals surface area contributed by atoms with Crippen LogP contribution in [0.5, 0.6) is 0 Å². The molecule has 0 atom stereocenters. The zero-order valence-electron chi connectivity index (χ0n) is 17.8. The van der Waals surface area contributed by atoms with E-state index in [0.717, 1.165) is 62.4 Å². The first-order chi connectivity index (χ1) is 14.3. The molecule has 7 heteroatoms. The highest BCUT2D eigenvalue weighted by Gasteiger charge is 2.32. The number of nitrogens with one attached hydrogen (secondary N) is 3. The van der Waals surface area contributed by atoms with Crippen LogP contribution in [0.15, 0.2) is 33.2 Å². The van der Waals surface area contributed by atoms with Gasteiger partial charge < -0.3 is 20.7 Å². The van der Waals surface area contributed by atoms with Gasteiger partial charge in [-0.2, -0.15) is 0 Å². The van der Waals surface area contributed by atoms with Gasteiger partial charge in [0.1, 0.15) is 11.7 Å². The lowest BCUT2D eigenvalue weighted by atomic mass is 9.87. The maximum atomic E-state index is 5.56. The number of hydrogen-bond donors (Lipinski definition) is 3. The smallest absolute Gasteiger partial charge is 0.136 e. The summed E-state index contributed by atoms with van der Waals surface area (Å²) in [6.45, 7) is 10.2. The number of amidine groups is 1. The fraction of sp³-hybridized carbons (Fsp3) is 0.727. The average molecular weight is 401 g/mol. The molecule has 0 spiro atoms. The summed E-state index contributed by atoms with van der Waals surface area (Å²) in [6, 6.07) is 1.19. The van der Waals surface area contributed by atoms with Crippen molar-refractivity contribution < 1.29 is 4.74 Å². The SMILES string of the molecule is C=N/C(N[C@H]1CC[C@H](N2CCNCC2)CC1)=C1/C(C2CCOCC2)=CN/C1=N/C. The highest BCUT2D eigenvalue weighted by molar-refractivity contribution is 6.06. The maximum absolute atomic E-state index is 5.56. The van der Waals surface area contributed by atoms with Crippen LogP contribution in [0, 0.1) is 5.92 Å². The molecule has 4 aliphatic rings. The number of nitrogens with zero attached hydrogens (tertiary/aromatic N) is 3. The minimum atomic E-state index is 0.455. The van der Waals surface area contributed by atoms with Crippen LogP contribution in [0.25, 0.3) is 0 Å². The van der Waals surface area contributed by atoms with Crippen LogP contribution >= 0.6 is 0 Å². The Morgan fingerprint density at radius 2 is 1.86 bits per heavy atom. The van der Waals surface area contributed by atoms with Crippen LogP contribution < -0.4 is 16.0 Å². The largest absolute Gasteiger partial charge is 0.381 e. The standard InChI is InChI=1S/C22H36N6O/c1-23-21-20(19(15-26-21)16-7-13-29-14-8-16)22(24-2)27-17-3-5-18(6-4-17)28-11-9-25-10-12-28/h15-18,25,27H,2-14H2,1H3,(H,23,26)/b22-20+/t17-,18-. The van der Waals surface area contributed by atoms with Crippen LogP contribution in [0.3, 0.4) is 0 Å². The molecule has 3 heterocycles. The molecular weight excluding hydrogens is 364 g/mol. The second-order valence-corrected chi connectivity index (χ2v) is 8.52. The number of piperazine rings is 1. The molecule has 29 heavy (non-hydrogen) atoms. The molecule has 3 N–H and O–H groups in total. The van der Waals surface area contributed by atoms with E-state index in [1.165, 1.54) is 44.3 Å². The summed E-state index contributed by atoms with van der Waals surface area (Å²) < 4.78 is 5.56. The Morgan fingerprint density at radius 1 is 1.14 bits per heavy atom. The minimum Gasteiger partial charge on any atom is -0.381 e. The van der Waals surface area contributed by atoms with Crippen molar-refractivity contribution in [2.45, 2.75) is 50.6 Å². The molecule has 0 aromatic carbocycles. The van der Waals surface area contributed by atoms with E-state index in [1.807, 2.05) is 7.05 Å². The van der Waals surface area contributed by atoms with E-state index in [2.05, 4.69) is 43.8 Å². The average Bonchev–Trinajstić information content (AvgIpc) is 3.23. The van der Waals surface area contributed by atoms with Crippen LogP contribution in [0.2, 0.25) is 0 Å². The van der Waals surface area contributed by atoms with Gasteiger partial charge in [-0.1, -0.05) is 0 Å². The first kappa shape index (κ1) is 20.6. The number of hydrogen-bond acceptors (Lipinski definition) is 6. The Morgan fingerprint density at radius 3 is 2.52 bits per heavy atom. The summed E-state index contributed by atoms with van der Waals surface area (Å²) in [4.78, 5) is 11.6. The van der Waals surface area contributed by atoms with Gasteiger partial charge in [-0.3, -0.25) is 9.89 Å². The Bertz CT molecular complexity index is 665. The topological polar surface area (TPSA) is 73.3 Å². The second kappa shape index (κ2) is 9.87. The zero-order valence-corrected chi connectivity index (χ0v) is 17.8. The second-order valence-electron chi connectivity index (χ2n) is 8.52. The third-order valence-corrected chi connectivity index (χ3v) is 6.88. The Hall–Kier alpha value is -1.70. The number of ether oxygens (including phenoxy) is 1. The molecule has 0 aromatic rings. The van der Waals surface area contributed by atoms with Crippen LogP contribution in [-0.4, -0.2) is 76.0 Å². The molecule has 4 rings (SSSR count). The third kappa shape index (κ3) is 4.73. The van der Waals surface area contributed by atoms with Gasteiger partial charge in [-0.25, -0.2) is 4.99 Å². The van der Waals surface area contributed by atoms with E-state index < -0.39 is 0 Å². The first-order valence-electron chi connectivity index (χ1n) is 11.2. The molecule has 7 nitrogen and oxygen atoms in total. The van der Waals surface area contributed by atoms with Crippen LogP contribution in [0.1, 0.15) is 38.5 Å². The zero-order chi connectivity index (χ0) is 20.1. The lowest BCUT2D eigenvalue weighted by molar-refractivity contribution is 0.0764. The van der Waals surface area contributed by atoms with E-state index in [1.54, 1.807) is 0 Å². The molecule has 0 unspecified atom stereocenters. The highest BCUT2D eigenvalue weighted by atomic mass is 16.5. The monoisotopic (exact) mass is 400 g/mol. The van der Waals surface area contributed by atoms with Gasteiger partial charge in [0, 0.05) is 64.7 Å². The van der Waals surface area contributed by atoms with Crippen LogP contribution in [0.4, 0.5) is 0 Å². The van der Waals surface area contributed by atoms with E-state index >= 15 is 0 Å². The summed E-state index contributed by atoms with van der Waals surface area (Å²) in [5.41, 5.74) is 2.41. The van der Waals surface area contributed by atoms with Gasteiger partial charge in [0.25, 0.3) is 0 Å². The van der Waals surface area contributed by atoms with Crippen molar-refractivity contribution in [1.29, 1.82) is 0 Å². The molecule has 3 fully saturated rings. The van der Waals surface area contributed by atoms with Gasteiger partial charge in [-0.05, 0) is 56.7 Å². The van der Waals surface area contributed by atoms with E-state index in [9.17, 15) is 0 Å². The van der Waals surface area contributed by atoms with Crippen molar-refractivity contribution in [2.75, 3.05) is 46.4 Å². The van der Waals surface area contributed by atoms with Crippen molar-refractivity contribution >= 4 is 12.6 Å². The fourth-order valence-corrected chi connectivity index (χ4v) is 5.21. The highest BCUT2D eigenvalue weighted by Crippen LogP contribution is 2.34. The molecule has 1 saturated carbocycles. The molecular formula is C22H36N6O. The summed E-state index contributed by atoms with van der Waals surface area (Å²) in [5.74, 6) is 2.28. The molecule has 160 valence electrons. The summed E-state index contributed by atoms with van der Waals surface area (Å²) in [5, 5.41) is 10.5. The summed E-state index contributed by atoms with van der Waals surface area (Å²) in [6.07, 6.45) is 9.09. The van der Waals surface area contributed by atoms with Gasteiger partial charge >= 0.3 is 0 Å². The Labute approximate surface area is 174 Å². The van der Waals surface area contributed by atoms with Crippen LogP contribution in [-0.2, 0) is 4.74 Å². The fourth-order valence-electron chi connectivity index (χ4n) is 5.21. The van der Waals surface area contributed by atoms with E-state index in [-0.39, 0.29) is 0 Å². The van der Waals surface area contributed by atoms with Gasteiger partial charge in [0.2, 0.25) is 0 Å². The molecule has 0 bridgehead atoms. The Balaban J connectivity index is 1.43. The minimum absolute atomic E-state index is 0.455. The predicted octanol–water partition coefficient (Wildman–Crippen LogP) is 1.65. The number of aliphatic imine (C=N–C) groups is 2. The molecule has 0 amide bonds. The normalized spacial score (nSPS) is 32.6. The van der Waals surface area contributed by atoms with Gasteiger partial charge in [-0.15, -0.1) is 0 Å². The first-order valence-corrected chi connectivity index (χ1v) is 11.2. The number of rotatable bonds is 5. The molecule has 3 aliphatic heterocycles. The molecule has 2 saturated heterocycles. The summed E-state index contributed by atoms with van der Waals surface area (Å²) >= 11 is 0. The molecule has 1 aliphatic carbocycles. The van der Waals surface area contributed by atoms with Crippen molar-refractivity contribution in [2.24, 2.45) is 15.9 Å². The van der Waals surface area contributed by atoms with Crippen molar-refractivity contribution in [1.82, 2.24) is 20.9 Å². The lowest BCUT2D eigenvalue weighted by Gasteiger charge is -2.39. The maximum Gasteiger partial charge on any atom is 0.136 e. The van der Waals surface area contributed by atoms with E-state index in [4.69, 9.17) is 4.74 Å².